The van der Waals surface area contributed by atoms with Crippen molar-refractivity contribution in [1.29, 1.82) is 0 Å². The van der Waals surface area contributed by atoms with Crippen LogP contribution in [0.3, 0.4) is 0 Å². The first-order chi connectivity index (χ1) is 8.20. The zero-order valence-corrected chi connectivity index (χ0v) is 11.2. The Labute approximate surface area is 105 Å². The molecule has 1 fully saturated rings. The van der Waals surface area contributed by atoms with Gasteiger partial charge in [-0.05, 0) is 44.3 Å². The quantitative estimate of drug-likeness (QED) is 0.794. The second-order valence-corrected chi connectivity index (χ2v) is 5.23. The van der Waals surface area contributed by atoms with Crippen LogP contribution in [0.2, 0.25) is 0 Å². The van der Waals surface area contributed by atoms with Crippen LogP contribution in [0.5, 0.6) is 5.75 Å². The lowest BCUT2D eigenvalue weighted by Gasteiger charge is -2.30. The van der Waals surface area contributed by atoms with Gasteiger partial charge in [-0.25, -0.2) is 0 Å². The fourth-order valence-corrected chi connectivity index (χ4v) is 2.59. The number of piperidine rings is 1. The van der Waals surface area contributed by atoms with Crippen LogP contribution in [0, 0.1) is 12.8 Å². The molecule has 0 atom stereocenters. The minimum absolute atomic E-state index is 0.894. The fraction of sp³-hybridized carbons (Fsp3) is 0.600. The lowest BCUT2D eigenvalue weighted by molar-refractivity contribution is 0.183. The van der Waals surface area contributed by atoms with Crippen molar-refractivity contribution in [3.8, 4) is 5.75 Å². The molecule has 94 valence electrons. The first-order valence-corrected chi connectivity index (χ1v) is 6.55. The summed E-state index contributed by atoms with van der Waals surface area (Å²) < 4.78 is 5.51. The molecule has 0 bridgehead atoms. The Kier molecular flexibility index (Phi) is 4.06. The van der Waals surface area contributed by atoms with Crippen LogP contribution in [0.1, 0.15) is 30.9 Å². The Morgan fingerprint density at radius 1 is 1.29 bits per heavy atom. The zero-order chi connectivity index (χ0) is 12.3. The summed E-state index contributed by atoms with van der Waals surface area (Å²) >= 11 is 0. The smallest absolute Gasteiger partial charge is 0.126 e. The second kappa shape index (κ2) is 5.54. The molecule has 1 aromatic carbocycles. The van der Waals surface area contributed by atoms with Crippen molar-refractivity contribution in [2.75, 3.05) is 20.2 Å². The van der Waals surface area contributed by atoms with E-state index in [0.717, 1.165) is 18.2 Å². The molecule has 1 aliphatic heterocycles. The highest BCUT2D eigenvalue weighted by atomic mass is 16.5. The Bertz CT molecular complexity index is 367. The van der Waals surface area contributed by atoms with Gasteiger partial charge in [0.25, 0.3) is 0 Å². The number of ether oxygens (including phenoxy) is 1. The van der Waals surface area contributed by atoms with E-state index in [1.165, 1.54) is 37.1 Å². The highest BCUT2D eigenvalue weighted by Gasteiger charge is 2.17. The Balaban J connectivity index is 2.05. The third-order valence-corrected chi connectivity index (χ3v) is 3.77. The number of hydrogen-bond acceptors (Lipinski definition) is 2. The van der Waals surface area contributed by atoms with Gasteiger partial charge in [-0.15, -0.1) is 0 Å². The number of methoxy groups -OCH3 is 1. The fourth-order valence-electron chi connectivity index (χ4n) is 2.59. The van der Waals surface area contributed by atoms with E-state index in [0.29, 0.717) is 0 Å². The minimum atomic E-state index is 0.894. The number of likely N-dealkylation sites (tertiary alicyclic amines) is 1. The van der Waals surface area contributed by atoms with Gasteiger partial charge >= 0.3 is 0 Å². The number of benzene rings is 1. The summed E-state index contributed by atoms with van der Waals surface area (Å²) in [6, 6.07) is 6.42. The predicted octanol–water partition coefficient (Wildman–Crippen LogP) is 3.24. The lowest BCUT2D eigenvalue weighted by atomic mass is 9.98. The minimum Gasteiger partial charge on any atom is -0.496 e. The van der Waals surface area contributed by atoms with Crippen LogP contribution in [-0.4, -0.2) is 25.1 Å². The van der Waals surface area contributed by atoms with E-state index < -0.39 is 0 Å². The summed E-state index contributed by atoms with van der Waals surface area (Å²) in [7, 11) is 1.77. The van der Waals surface area contributed by atoms with Crippen molar-refractivity contribution in [3.05, 3.63) is 29.3 Å². The molecule has 2 rings (SSSR count). The predicted molar refractivity (Wildman–Crippen MR) is 71.4 cm³/mol. The monoisotopic (exact) mass is 233 g/mol. The molecule has 1 saturated heterocycles. The molecular formula is C15H23NO. The van der Waals surface area contributed by atoms with Crippen LogP contribution in [0.4, 0.5) is 0 Å². The molecule has 0 amide bonds. The second-order valence-electron chi connectivity index (χ2n) is 5.23. The summed E-state index contributed by atoms with van der Waals surface area (Å²) in [4.78, 5) is 2.54. The molecule has 1 heterocycles. The van der Waals surface area contributed by atoms with E-state index >= 15 is 0 Å². The molecular weight excluding hydrogens is 210 g/mol. The standard InChI is InChI=1S/C15H23NO/c1-12-7-9-16(10-8-12)11-14-6-4-5-13(2)15(14)17-3/h4-6,12H,7-11H2,1-3H3. The maximum atomic E-state index is 5.51. The lowest BCUT2D eigenvalue weighted by Crippen LogP contribution is -2.32. The van der Waals surface area contributed by atoms with E-state index in [1.807, 2.05) is 0 Å². The Hall–Kier alpha value is -1.02. The largest absolute Gasteiger partial charge is 0.496 e. The third kappa shape index (κ3) is 3.01. The van der Waals surface area contributed by atoms with Crippen molar-refractivity contribution in [3.63, 3.8) is 0 Å². The molecule has 2 heteroatoms. The van der Waals surface area contributed by atoms with Gasteiger partial charge in [0.1, 0.15) is 5.75 Å². The normalized spacial score (nSPS) is 18.3. The van der Waals surface area contributed by atoms with Crippen molar-refractivity contribution >= 4 is 0 Å². The van der Waals surface area contributed by atoms with Crippen molar-refractivity contribution in [2.45, 2.75) is 33.2 Å². The SMILES string of the molecule is COc1c(C)cccc1CN1CCC(C)CC1. The molecule has 0 unspecified atom stereocenters. The highest BCUT2D eigenvalue weighted by Crippen LogP contribution is 2.26. The maximum absolute atomic E-state index is 5.51. The van der Waals surface area contributed by atoms with Crippen LogP contribution in [-0.2, 0) is 6.54 Å². The number of nitrogens with zero attached hydrogens (tertiary/aromatic N) is 1. The van der Waals surface area contributed by atoms with Gasteiger partial charge in [0.15, 0.2) is 0 Å². The third-order valence-electron chi connectivity index (χ3n) is 3.77. The molecule has 0 spiro atoms. The first kappa shape index (κ1) is 12.4. The van der Waals surface area contributed by atoms with Crippen LogP contribution in [0.15, 0.2) is 18.2 Å². The summed E-state index contributed by atoms with van der Waals surface area (Å²) in [5.74, 6) is 1.96. The zero-order valence-electron chi connectivity index (χ0n) is 11.2. The van der Waals surface area contributed by atoms with Crippen molar-refractivity contribution in [1.82, 2.24) is 4.90 Å². The average molecular weight is 233 g/mol. The summed E-state index contributed by atoms with van der Waals surface area (Å²) in [5.41, 5.74) is 2.55. The Morgan fingerprint density at radius 2 is 2.00 bits per heavy atom. The van der Waals surface area contributed by atoms with Gasteiger partial charge in [-0.3, -0.25) is 4.90 Å². The number of aryl methyl sites for hydroxylation is 1. The van der Waals surface area contributed by atoms with E-state index in [4.69, 9.17) is 4.74 Å². The topological polar surface area (TPSA) is 12.5 Å². The number of para-hydroxylation sites is 1. The summed E-state index contributed by atoms with van der Waals surface area (Å²) in [6.45, 7) is 7.93. The van der Waals surface area contributed by atoms with Crippen molar-refractivity contribution in [2.24, 2.45) is 5.92 Å². The molecule has 1 aliphatic rings. The molecule has 1 aromatic rings. The van der Waals surface area contributed by atoms with Gasteiger partial charge in [-0.2, -0.15) is 0 Å². The molecule has 0 saturated carbocycles. The van der Waals surface area contributed by atoms with Gasteiger partial charge in [0.05, 0.1) is 7.11 Å². The van der Waals surface area contributed by atoms with Gasteiger partial charge in [0, 0.05) is 12.1 Å². The van der Waals surface area contributed by atoms with Gasteiger partial charge in [0.2, 0.25) is 0 Å². The number of hydrogen-bond donors (Lipinski definition) is 0. The number of rotatable bonds is 3. The average Bonchev–Trinajstić information content (AvgIpc) is 2.32. The van der Waals surface area contributed by atoms with Crippen LogP contribution in [0.25, 0.3) is 0 Å². The van der Waals surface area contributed by atoms with Gasteiger partial charge < -0.3 is 4.74 Å². The Morgan fingerprint density at radius 3 is 2.65 bits per heavy atom. The molecule has 17 heavy (non-hydrogen) atoms. The van der Waals surface area contributed by atoms with E-state index in [1.54, 1.807) is 7.11 Å². The molecule has 0 radical (unpaired) electrons. The van der Waals surface area contributed by atoms with E-state index in [2.05, 4.69) is 36.9 Å². The van der Waals surface area contributed by atoms with Crippen molar-refractivity contribution < 1.29 is 4.74 Å². The van der Waals surface area contributed by atoms with Gasteiger partial charge in [-0.1, -0.05) is 25.1 Å². The summed E-state index contributed by atoms with van der Waals surface area (Å²) in [6.07, 6.45) is 2.66. The van der Waals surface area contributed by atoms with E-state index in [9.17, 15) is 0 Å². The molecule has 2 nitrogen and oxygen atoms in total. The molecule has 0 N–H and O–H groups in total. The molecule has 0 aromatic heterocycles. The highest BCUT2D eigenvalue weighted by molar-refractivity contribution is 5.40. The maximum Gasteiger partial charge on any atom is 0.126 e. The van der Waals surface area contributed by atoms with Crippen LogP contribution >= 0.6 is 0 Å². The van der Waals surface area contributed by atoms with Crippen LogP contribution < -0.4 is 4.74 Å². The van der Waals surface area contributed by atoms with E-state index in [-0.39, 0.29) is 0 Å². The first-order valence-electron chi connectivity index (χ1n) is 6.55. The molecule has 0 aliphatic carbocycles. The summed E-state index contributed by atoms with van der Waals surface area (Å²) in [5, 5.41) is 0.